The van der Waals surface area contributed by atoms with Gasteiger partial charge in [0.15, 0.2) is 5.60 Å². The van der Waals surface area contributed by atoms with Gasteiger partial charge in [-0.25, -0.2) is 4.79 Å². The fourth-order valence-corrected chi connectivity index (χ4v) is 1.68. The molecule has 0 amide bonds. The van der Waals surface area contributed by atoms with E-state index in [1.165, 1.54) is 0 Å². The van der Waals surface area contributed by atoms with Gasteiger partial charge in [-0.15, -0.1) is 0 Å². The lowest BCUT2D eigenvalue weighted by atomic mass is 9.95. The summed E-state index contributed by atoms with van der Waals surface area (Å²) in [5, 5.41) is 0. The third kappa shape index (κ3) is 2.45. The molecule has 4 nitrogen and oxygen atoms in total. The molecular weight excluding hydrogens is 184 g/mol. The monoisotopic (exact) mass is 202 g/mol. The Labute approximate surface area is 84.5 Å². The number of hydrogen-bond donors (Lipinski definition) is 0. The standard InChI is InChI=1S/C10H18O4/c1-3-13-9(11)10(8-12-2)6-4-5-7-14-10/h3-8H2,1-2H3. The Balaban J connectivity index is 2.63. The highest BCUT2D eigenvalue weighted by molar-refractivity contribution is 5.80. The molecule has 1 saturated heterocycles. The van der Waals surface area contributed by atoms with Gasteiger partial charge in [0.1, 0.15) is 0 Å². The molecule has 1 aliphatic rings. The summed E-state index contributed by atoms with van der Waals surface area (Å²) in [6.07, 6.45) is 2.69. The summed E-state index contributed by atoms with van der Waals surface area (Å²) >= 11 is 0. The molecule has 0 radical (unpaired) electrons. The van der Waals surface area contributed by atoms with Crippen LogP contribution in [-0.4, -0.2) is 38.5 Å². The van der Waals surface area contributed by atoms with E-state index in [1.807, 2.05) is 0 Å². The highest BCUT2D eigenvalue weighted by Crippen LogP contribution is 2.26. The smallest absolute Gasteiger partial charge is 0.340 e. The predicted octanol–water partition coefficient (Wildman–Crippen LogP) is 1.14. The van der Waals surface area contributed by atoms with Crippen molar-refractivity contribution in [2.45, 2.75) is 31.8 Å². The summed E-state index contributed by atoms with van der Waals surface area (Å²) < 4.78 is 15.5. The molecule has 0 aromatic carbocycles. The van der Waals surface area contributed by atoms with E-state index in [9.17, 15) is 4.79 Å². The zero-order valence-electron chi connectivity index (χ0n) is 8.88. The summed E-state index contributed by atoms with van der Waals surface area (Å²) in [6.45, 7) is 3.07. The molecule has 0 aliphatic carbocycles. The van der Waals surface area contributed by atoms with Gasteiger partial charge in [0.2, 0.25) is 0 Å². The van der Waals surface area contributed by atoms with Gasteiger partial charge >= 0.3 is 5.97 Å². The van der Waals surface area contributed by atoms with E-state index < -0.39 is 5.60 Å². The van der Waals surface area contributed by atoms with Crippen LogP contribution in [0.1, 0.15) is 26.2 Å². The van der Waals surface area contributed by atoms with Crippen LogP contribution in [0.15, 0.2) is 0 Å². The minimum Gasteiger partial charge on any atom is -0.464 e. The van der Waals surface area contributed by atoms with Crippen LogP contribution in [0.5, 0.6) is 0 Å². The largest absolute Gasteiger partial charge is 0.464 e. The van der Waals surface area contributed by atoms with Gasteiger partial charge in [-0.3, -0.25) is 0 Å². The molecule has 1 unspecified atom stereocenters. The fourth-order valence-electron chi connectivity index (χ4n) is 1.68. The maximum absolute atomic E-state index is 11.7. The zero-order valence-corrected chi connectivity index (χ0v) is 8.88. The van der Waals surface area contributed by atoms with Crippen molar-refractivity contribution in [3.8, 4) is 0 Å². The van der Waals surface area contributed by atoms with Gasteiger partial charge in [-0.2, -0.15) is 0 Å². The van der Waals surface area contributed by atoms with Crippen molar-refractivity contribution in [1.29, 1.82) is 0 Å². The Morgan fingerprint density at radius 2 is 2.29 bits per heavy atom. The van der Waals surface area contributed by atoms with Crippen molar-refractivity contribution in [2.24, 2.45) is 0 Å². The Bertz CT molecular complexity index is 179. The molecule has 1 heterocycles. The number of carbonyl (C=O) groups excluding carboxylic acids is 1. The molecule has 14 heavy (non-hydrogen) atoms. The first-order valence-electron chi connectivity index (χ1n) is 5.05. The van der Waals surface area contributed by atoms with Gasteiger partial charge < -0.3 is 14.2 Å². The molecule has 82 valence electrons. The van der Waals surface area contributed by atoms with Gasteiger partial charge in [-0.05, 0) is 26.2 Å². The van der Waals surface area contributed by atoms with Crippen LogP contribution in [0.2, 0.25) is 0 Å². The topological polar surface area (TPSA) is 44.8 Å². The van der Waals surface area contributed by atoms with Crippen molar-refractivity contribution in [1.82, 2.24) is 0 Å². The van der Waals surface area contributed by atoms with Crippen LogP contribution >= 0.6 is 0 Å². The molecule has 1 fully saturated rings. The van der Waals surface area contributed by atoms with E-state index in [-0.39, 0.29) is 12.6 Å². The average Bonchev–Trinajstić information content (AvgIpc) is 2.20. The molecule has 0 spiro atoms. The van der Waals surface area contributed by atoms with Crippen LogP contribution in [-0.2, 0) is 19.0 Å². The highest BCUT2D eigenvalue weighted by Gasteiger charge is 2.42. The van der Waals surface area contributed by atoms with Crippen molar-refractivity contribution >= 4 is 5.97 Å². The summed E-state index contributed by atoms with van der Waals surface area (Å²) in [5.41, 5.74) is -0.844. The first-order chi connectivity index (χ1) is 6.75. The average molecular weight is 202 g/mol. The molecule has 0 N–H and O–H groups in total. The maximum Gasteiger partial charge on any atom is 0.340 e. The minimum absolute atomic E-state index is 0.284. The van der Waals surface area contributed by atoms with E-state index in [0.29, 0.717) is 19.6 Å². The third-order valence-corrected chi connectivity index (χ3v) is 2.38. The summed E-state index contributed by atoms with van der Waals surface area (Å²) in [6, 6.07) is 0. The minimum atomic E-state index is -0.844. The van der Waals surface area contributed by atoms with Crippen LogP contribution in [0.3, 0.4) is 0 Å². The Kier molecular flexibility index (Phi) is 4.35. The van der Waals surface area contributed by atoms with Gasteiger partial charge in [-0.1, -0.05) is 0 Å². The summed E-state index contributed by atoms with van der Waals surface area (Å²) in [7, 11) is 1.57. The Hall–Kier alpha value is -0.610. The Morgan fingerprint density at radius 1 is 1.50 bits per heavy atom. The van der Waals surface area contributed by atoms with Crippen molar-refractivity contribution < 1.29 is 19.0 Å². The number of rotatable bonds is 4. The highest BCUT2D eigenvalue weighted by atomic mass is 16.6. The van der Waals surface area contributed by atoms with Gasteiger partial charge in [0.25, 0.3) is 0 Å². The van der Waals surface area contributed by atoms with Crippen molar-refractivity contribution in [3.63, 3.8) is 0 Å². The number of esters is 1. The van der Waals surface area contributed by atoms with Crippen LogP contribution in [0.4, 0.5) is 0 Å². The first kappa shape index (κ1) is 11.5. The van der Waals surface area contributed by atoms with E-state index in [2.05, 4.69) is 0 Å². The second-order valence-electron chi connectivity index (χ2n) is 3.45. The fraction of sp³-hybridized carbons (Fsp3) is 0.900. The van der Waals surface area contributed by atoms with Crippen molar-refractivity contribution in [3.05, 3.63) is 0 Å². The molecule has 0 saturated carbocycles. The van der Waals surface area contributed by atoms with Crippen LogP contribution in [0, 0.1) is 0 Å². The number of hydrogen-bond acceptors (Lipinski definition) is 4. The molecule has 0 bridgehead atoms. The molecular formula is C10H18O4. The van der Waals surface area contributed by atoms with E-state index in [1.54, 1.807) is 14.0 Å². The zero-order chi connectivity index (χ0) is 10.4. The van der Waals surface area contributed by atoms with Gasteiger partial charge in [0.05, 0.1) is 13.2 Å². The second-order valence-corrected chi connectivity index (χ2v) is 3.45. The normalized spacial score (nSPS) is 27.3. The molecule has 4 heteroatoms. The Morgan fingerprint density at radius 3 is 2.79 bits per heavy atom. The molecule has 0 aromatic rings. The third-order valence-electron chi connectivity index (χ3n) is 2.38. The molecule has 1 atom stereocenters. The van der Waals surface area contributed by atoms with E-state index in [4.69, 9.17) is 14.2 Å². The summed E-state index contributed by atoms with van der Waals surface area (Å²) in [5.74, 6) is -0.290. The van der Waals surface area contributed by atoms with E-state index >= 15 is 0 Å². The van der Waals surface area contributed by atoms with Crippen LogP contribution < -0.4 is 0 Å². The SMILES string of the molecule is CCOC(=O)C1(COC)CCCCO1. The number of methoxy groups -OCH3 is 1. The molecule has 0 aromatic heterocycles. The first-order valence-corrected chi connectivity index (χ1v) is 5.05. The lowest BCUT2D eigenvalue weighted by Crippen LogP contribution is -2.49. The van der Waals surface area contributed by atoms with Gasteiger partial charge in [0, 0.05) is 13.7 Å². The predicted molar refractivity (Wildman–Crippen MR) is 51.0 cm³/mol. The number of ether oxygens (including phenoxy) is 3. The maximum atomic E-state index is 11.7. The molecule has 1 aliphatic heterocycles. The summed E-state index contributed by atoms with van der Waals surface area (Å²) in [4.78, 5) is 11.7. The second kappa shape index (κ2) is 5.32. The quantitative estimate of drug-likeness (QED) is 0.641. The van der Waals surface area contributed by atoms with Crippen molar-refractivity contribution in [2.75, 3.05) is 26.9 Å². The van der Waals surface area contributed by atoms with Crippen LogP contribution in [0.25, 0.3) is 0 Å². The van der Waals surface area contributed by atoms with E-state index in [0.717, 1.165) is 12.8 Å². The lowest BCUT2D eigenvalue weighted by Gasteiger charge is -2.34. The molecule has 1 rings (SSSR count). The lowest BCUT2D eigenvalue weighted by molar-refractivity contribution is -0.186. The number of carbonyl (C=O) groups is 1.